The third kappa shape index (κ3) is 3.49. The zero-order valence-corrected chi connectivity index (χ0v) is 10.8. The van der Waals surface area contributed by atoms with Crippen LogP contribution in [0.25, 0.3) is 11.1 Å². The van der Waals surface area contributed by atoms with E-state index >= 15 is 0 Å². The van der Waals surface area contributed by atoms with Crippen LogP contribution in [0.3, 0.4) is 0 Å². The molecule has 0 aromatic heterocycles. The number of halogens is 1. The molecule has 0 aliphatic rings. The summed E-state index contributed by atoms with van der Waals surface area (Å²) < 4.78 is 0. The van der Waals surface area contributed by atoms with E-state index in [2.05, 4.69) is 29.6 Å². The van der Waals surface area contributed by atoms with Crippen LogP contribution in [0.2, 0.25) is 0 Å². The van der Waals surface area contributed by atoms with Crippen LogP contribution < -0.4 is 5.32 Å². The molecule has 1 unspecified atom stereocenters. The summed E-state index contributed by atoms with van der Waals surface area (Å²) >= 11 is 5.53. The number of nitrogens with one attached hydrogen (secondary N) is 1. The van der Waals surface area contributed by atoms with Crippen LogP contribution in [0.15, 0.2) is 54.6 Å². The molecule has 2 nitrogen and oxygen atoms in total. The average Bonchev–Trinajstić information content (AvgIpc) is 2.46. The van der Waals surface area contributed by atoms with Gasteiger partial charge in [0.1, 0.15) is 0 Å². The van der Waals surface area contributed by atoms with E-state index in [-0.39, 0.29) is 5.88 Å². The molecule has 0 radical (unpaired) electrons. The molecule has 18 heavy (non-hydrogen) atoms. The number of hydrogen-bond donors (Lipinski definition) is 2. The number of benzene rings is 2. The SMILES string of the molecule is OC(CCl)CNc1ccc(-c2ccccc2)cc1. The van der Waals surface area contributed by atoms with E-state index in [1.165, 1.54) is 11.1 Å². The van der Waals surface area contributed by atoms with E-state index in [4.69, 9.17) is 11.6 Å². The number of anilines is 1. The van der Waals surface area contributed by atoms with E-state index in [9.17, 15) is 5.11 Å². The van der Waals surface area contributed by atoms with E-state index < -0.39 is 6.10 Å². The Labute approximate surface area is 112 Å². The van der Waals surface area contributed by atoms with Crippen molar-refractivity contribution in [2.45, 2.75) is 6.10 Å². The van der Waals surface area contributed by atoms with Crippen LogP contribution in [0, 0.1) is 0 Å². The van der Waals surface area contributed by atoms with E-state index in [0.29, 0.717) is 6.54 Å². The predicted octanol–water partition coefficient (Wildman–Crippen LogP) is 3.37. The van der Waals surface area contributed by atoms with Crippen molar-refractivity contribution in [3.8, 4) is 11.1 Å². The van der Waals surface area contributed by atoms with E-state index in [0.717, 1.165) is 5.69 Å². The first kappa shape index (κ1) is 12.9. The van der Waals surface area contributed by atoms with Crippen molar-refractivity contribution < 1.29 is 5.11 Å². The second kappa shape index (κ2) is 6.43. The fourth-order valence-electron chi connectivity index (χ4n) is 1.70. The summed E-state index contributed by atoms with van der Waals surface area (Å²) in [4.78, 5) is 0. The lowest BCUT2D eigenvalue weighted by Gasteiger charge is -2.10. The maximum absolute atomic E-state index is 9.36. The Bertz CT molecular complexity index is 470. The quantitative estimate of drug-likeness (QED) is 0.809. The lowest BCUT2D eigenvalue weighted by atomic mass is 10.1. The molecular weight excluding hydrogens is 246 g/mol. The van der Waals surface area contributed by atoms with Crippen molar-refractivity contribution in [3.05, 3.63) is 54.6 Å². The molecule has 94 valence electrons. The van der Waals surface area contributed by atoms with Crippen molar-refractivity contribution in [3.63, 3.8) is 0 Å². The van der Waals surface area contributed by atoms with Crippen molar-refractivity contribution in [1.82, 2.24) is 0 Å². The van der Waals surface area contributed by atoms with Crippen LogP contribution >= 0.6 is 11.6 Å². The van der Waals surface area contributed by atoms with Crippen LogP contribution in [-0.4, -0.2) is 23.6 Å². The minimum atomic E-state index is -0.513. The Morgan fingerprint density at radius 2 is 1.56 bits per heavy atom. The summed E-state index contributed by atoms with van der Waals surface area (Å²) in [5, 5.41) is 12.5. The standard InChI is InChI=1S/C15H16ClNO/c16-10-15(18)11-17-14-8-6-13(7-9-14)12-4-2-1-3-5-12/h1-9,15,17-18H,10-11H2. The van der Waals surface area contributed by atoms with Crippen molar-refractivity contribution >= 4 is 17.3 Å². The first-order chi connectivity index (χ1) is 8.79. The molecule has 0 bridgehead atoms. The van der Waals surface area contributed by atoms with Gasteiger partial charge in [0, 0.05) is 12.2 Å². The summed E-state index contributed by atoms with van der Waals surface area (Å²) in [5.41, 5.74) is 3.36. The van der Waals surface area contributed by atoms with Crippen molar-refractivity contribution in [2.24, 2.45) is 0 Å². The molecule has 0 heterocycles. The maximum Gasteiger partial charge on any atom is 0.0847 e. The molecule has 0 aliphatic carbocycles. The zero-order valence-electron chi connectivity index (χ0n) is 10.0. The van der Waals surface area contributed by atoms with Gasteiger partial charge in [0.25, 0.3) is 0 Å². The Morgan fingerprint density at radius 1 is 0.944 bits per heavy atom. The van der Waals surface area contributed by atoms with Gasteiger partial charge in [0.2, 0.25) is 0 Å². The summed E-state index contributed by atoms with van der Waals surface area (Å²) in [6.45, 7) is 0.466. The van der Waals surface area contributed by atoms with Gasteiger partial charge in [-0.25, -0.2) is 0 Å². The Balaban J connectivity index is 2.02. The normalized spacial score (nSPS) is 12.1. The third-order valence-electron chi connectivity index (χ3n) is 2.71. The Hall–Kier alpha value is -1.51. The molecule has 0 amide bonds. The zero-order chi connectivity index (χ0) is 12.8. The summed E-state index contributed by atoms with van der Waals surface area (Å²) in [6.07, 6.45) is -0.513. The molecule has 1 atom stereocenters. The first-order valence-corrected chi connectivity index (χ1v) is 6.46. The fourth-order valence-corrected chi connectivity index (χ4v) is 1.81. The molecular formula is C15H16ClNO. The van der Waals surface area contributed by atoms with Gasteiger partial charge in [0.15, 0.2) is 0 Å². The van der Waals surface area contributed by atoms with Crippen molar-refractivity contribution in [2.75, 3.05) is 17.7 Å². The maximum atomic E-state index is 9.36. The smallest absolute Gasteiger partial charge is 0.0847 e. The van der Waals surface area contributed by atoms with Gasteiger partial charge in [-0.1, -0.05) is 42.5 Å². The van der Waals surface area contributed by atoms with Crippen LogP contribution in [0.4, 0.5) is 5.69 Å². The first-order valence-electron chi connectivity index (χ1n) is 5.93. The molecule has 2 aromatic carbocycles. The van der Waals surface area contributed by atoms with Crippen LogP contribution in [0.5, 0.6) is 0 Å². The Morgan fingerprint density at radius 3 is 2.17 bits per heavy atom. The predicted molar refractivity (Wildman–Crippen MR) is 77.1 cm³/mol. The molecule has 0 aliphatic heterocycles. The van der Waals surface area contributed by atoms with Gasteiger partial charge in [0.05, 0.1) is 12.0 Å². The highest BCUT2D eigenvalue weighted by Crippen LogP contribution is 2.20. The number of alkyl halides is 1. The lowest BCUT2D eigenvalue weighted by molar-refractivity contribution is 0.211. The van der Waals surface area contributed by atoms with E-state index in [1.54, 1.807) is 0 Å². The third-order valence-corrected chi connectivity index (χ3v) is 3.07. The molecule has 0 saturated carbocycles. The summed E-state index contributed by atoms with van der Waals surface area (Å²) in [5.74, 6) is 0.245. The second-order valence-electron chi connectivity index (χ2n) is 4.13. The van der Waals surface area contributed by atoms with Gasteiger partial charge in [-0.3, -0.25) is 0 Å². The van der Waals surface area contributed by atoms with E-state index in [1.807, 2.05) is 30.3 Å². The monoisotopic (exact) mass is 261 g/mol. The molecule has 3 heteroatoms. The highest BCUT2D eigenvalue weighted by molar-refractivity contribution is 6.18. The molecule has 2 aromatic rings. The average molecular weight is 262 g/mol. The number of aliphatic hydroxyl groups excluding tert-OH is 1. The summed E-state index contributed by atoms with van der Waals surface area (Å²) in [7, 11) is 0. The molecule has 0 fully saturated rings. The largest absolute Gasteiger partial charge is 0.390 e. The van der Waals surface area contributed by atoms with Gasteiger partial charge in [-0.05, 0) is 23.3 Å². The number of hydrogen-bond acceptors (Lipinski definition) is 2. The number of rotatable bonds is 5. The van der Waals surface area contributed by atoms with Gasteiger partial charge in [-0.2, -0.15) is 0 Å². The minimum absolute atomic E-state index is 0.245. The molecule has 0 spiro atoms. The van der Waals surface area contributed by atoms with Gasteiger partial charge < -0.3 is 10.4 Å². The number of aliphatic hydroxyl groups is 1. The van der Waals surface area contributed by atoms with Gasteiger partial charge >= 0.3 is 0 Å². The minimum Gasteiger partial charge on any atom is -0.390 e. The van der Waals surface area contributed by atoms with Crippen LogP contribution in [-0.2, 0) is 0 Å². The molecule has 2 N–H and O–H groups in total. The highest BCUT2D eigenvalue weighted by Gasteiger charge is 2.01. The van der Waals surface area contributed by atoms with Crippen LogP contribution in [0.1, 0.15) is 0 Å². The molecule has 0 saturated heterocycles. The fraction of sp³-hybridized carbons (Fsp3) is 0.200. The van der Waals surface area contributed by atoms with Gasteiger partial charge in [-0.15, -0.1) is 11.6 Å². The second-order valence-corrected chi connectivity index (χ2v) is 4.44. The topological polar surface area (TPSA) is 32.3 Å². The highest BCUT2D eigenvalue weighted by atomic mass is 35.5. The lowest BCUT2D eigenvalue weighted by Crippen LogP contribution is -2.20. The van der Waals surface area contributed by atoms with Crippen molar-refractivity contribution in [1.29, 1.82) is 0 Å². The summed E-state index contributed by atoms with van der Waals surface area (Å²) in [6, 6.07) is 18.4. The Kier molecular flexibility index (Phi) is 4.62. The molecule has 2 rings (SSSR count).